The van der Waals surface area contributed by atoms with Crippen LogP contribution in [0.4, 0.5) is 0 Å². The molecule has 0 heterocycles. The van der Waals surface area contributed by atoms with Crippen LogP contribution in [-0.4, -0.2) is 0 Å². The van der Waals surface area contributed by atoms with E-state index >= 15 is 0 Å². The molecule has 0 aliphatic heterocycles. The Kier molecular flexibility index (Phi) is 8.29. The second kappa shape index (κ2) is 12.4. The van der Waals surface area contributed by atoms with Gasteiger partial charge in [0.2, 0.25) is 0 Å². The zero-order valence-electron chi connectivity index (χ0n) is 24.0. The van der Waals surface area contributed by atoms with Gasteiger partial charge in [-0.2, -0.15) is 0 Å². The van der Waals surface area contributed by atoms with E-state index in [1.54, 1.807) is 0 Å². The van der Waals surface area contributed by atoms with Crippen LogP contribution in [0.1, 0.15) is 22.3 Å². The van der Waals surface area contributed by atoms with Crippen LogP contribution in [-0.2, 0) is 0 Å². The minimum atomic E-state index is -0.206. The summed E-state index contributed by atoms with van der Waals surface area (Å²) in [7, 11) is -0.412. The monoisotopic (exact) mass is 590 g/mol. The van der Waals surface area contributed by atoms with Crippen LogP contribution >= 0.6 is 18.1 Å². The summed E-state index contributed by atoms with van der Waals surface area (Å²) in [6, 6.07) is 37.2. The molecular formula is C36H32O4P2. The molecule has 0 fully saturated rings. The Bertz CT molecular complexity index is 1760. The standard InChI is InChI=1S/C36H32O4P2/c1-23-17-25(3)35(39-41-37-31-15-13-27-9-5-7-11-29(27)21-31)33(19-23)34-20-24(2)18-26(4)36(34)40-42-38-32-16-14-28-10-6-8-12-30(28)22-32/h5-22,41-42H,1-4H3. The Hall–Kier alpha value is -4.10. The Labute approximate surface area is 250 Å². The molecule has 42 heavy (non-hydrogen) atoms. The van der Waals surface area contributed by atoms with Crippen LogP contribution in [0.15, 0.2) is 109 Å². The van der Waals surface area contributed by atoms with Crippen LogP contribution in [0.2, 0.25) is 0 Å². The van der Waals surface area contributed by atoms with Crippen molar-refractivity contribution in [2.45, 2.75) is 27.7 Å². The molecule has 6 heteroatoms. The maximum Gasteiger partial charge on any atom is 0.275 e. The molecule has 6 rings (SSSR count). The van der Waals surface area contributed by atoms with Crippen molar-refractivity contribution in [2.75, 3.05) is 0 Å². The van der Waals surface area contributed by atoms with Crippen molar-refractivity contribution in [2.24, 2.45) is 0 Å². The normalized spacial score (nSPS) is 11.6. The summed E-state index contributed by atoms with van der Waals surface area (Å²) >= 11 is 0. The highest BCUT2D eigenvalue weighted by Gasteiger charge is 2.18. The summed E-state index contributed by atoms with van der Waals surface area (Å²) in [4.78, 5) is 0. The molecule has 0 amide bonds. The number of aryl methyl sites for hydroxylation is 4. The van der Waals surface area contributed by atoms with Gasteiger partial charge in [-0.3, -0.25) is 0 Å². The van der Waals surface area contributed by atoms with Gasteiger partial charge in [0.1, 0.15) is 23.0 Å². The summed E-state index contributed by atoms with van der Waals surface area (Å²) in [5, 5.41) is 4.63. The SMILES string of the molecule is Cc1cc(C)c(OPOc2ccc3ccccc3c2)c(-c2cc(C)cc(C)c2OPOc2ccc3ccccc3c2)c1. The average Bonchev–Trinajstić information content (AvgIpc) is 2.98. The number of benzene rings is 6. The Morgan fingerprint density at radius 3 is 1.24 bits per heavy atom. The highest BCUT2D eigenvalue weighted by atomic mass is 31.1. The van der Waals surface area contributed by atoms with Gasteiger partial charge < -0.3 is 18.1 Å². The van der Waals surface area contributed by atoms with Gasteiger partial charge in [0, 0.05) is 11.1 Å². The fraction of sp³-hybridized carbons (Fsp3) is 0.111. The number of hydrogen-bond donors (Lipinski definition) is 0. The van der Waals surface area contributed by atoms with E-state index in [4.69, 9.17) is 18.1 Å². The minimum Gasteiger partial charge on any atom is -0.441 e. The lowest BCUT2D eigenvalue weighted by Crippen LogP contribution is -1.97. The van der Waals surface area contributed by atoms with E-state index in [1.807, 2.05) is 48.5 Å². The molecule has 6 aromatic rings. The molecule has 0 saturated carbocycles. The van der Waals surface area contributed by atoms with E-state index in [0.717, 1.165) is 67.2 Å². The lowest BCUT2D eigenvalue weighted by atomic mass is 9.95. The van der Waals surface area contributed by atoms with Crippen molar-refractivity contribution in [3.05, 3.63) is 131 Å². The number of rotatable bonds is 9. The molecule has 0 radical (unpaired) electrons. The molecule has 0 aliphatic carbocycles. The fourth-order valence-electron chi connectivity index (χ4n) is 5.26. The van der Waals surface area contributed by atoms with Gasteiger partial charge in [0.05, 0.1) is 0 Å². The summed E-state index contributed by atoms with van der Waals surface area (Å²) in [6.45, 7) is 8.34. The smallest absolute Gasteiger partial charge is 0.275 e. The maximum atomic E-state index is 6.36. The largest absolute Gasteiger partial charge is 0.441 e. The van der Waals surface area contributed by atoms with Crippen molar-refractivity contribution in [1.29, 1.82) is 0 Å². The predicted molar refractivity (Wildman–Crippen MR) is 178 cm³/mol. The van der Waals surface area contributed by atoms with Crippen LogP contribution in [0.25, 0.3) is 32.7 Å². The molecule has 210 valence electrons. The van der Waals surface area contributed by atoms with Crippen LogP contribution in [0.5, 0.6) is 23.0 Å². The van der Waals surface area contributed by atoms with Gasteiger partial charge in [-0.1, -0.05) is 72.8 Å². The minimum absolute atomic E-state index is 0.206. The van der Waals surface area contributed by atoms with Gasteiger partial charge in [-0.25, -0.2) is 0 Å². The highest BCUT2D eigenvalue weighted by Crippen LogP contribution is 2.45. The maximum absolute atomic E-state index is 6.36. The van der Waals surface area contributed by atoms with Gasteiger partial charge in [0.25, 0.3) is 18.1 Å². The fourth-order valence-corrected chi connectivity index (χ4v) is 6.50. The Morgan fingerprint density at radius 1 is 0.405 bits per heavy atom. The molecule has 4 nitrogen and oxygen atoms in total. The van der Waals surface area contributed by atoms with Crippen molar-refractivity contribution in [3.63, 3.8) is 0 Å². The second-order valence-corrected chi connectivity index (χ2v) is 11.7. The summed E-state index contributed by atoms with van der Waals surface area (Å²) in [5.41, 5.74) is 6.32. The quantitative estimate of drug-likeness (QED) is 0.157. The first kappa shape index (κ1) is 28.0. The molecule has 0 bridgehead atoms. The molecule has 2 unspecified atom stereocenters. The van der Waals surface area contributed by atoms with Crippen LogP contribution in [0.3, 0.4) is 0 Å². The highest BCUT2D eigenvalue weighted by molar-refractivity contribution is 7.27. The topological polar surface area (TPSA) is 36.9 Å². The van der Waals surface area contributed by atoms with Crippen LogP contribution < -0.4 is 18.1 Å². The molecule has 2 atom stereocenters. The van der Waals surface area contributed by atoms with E-state index in [9.17, 15) is 0 Å². The summed E-state index contributed by atoms with van der Waals surface area (Å²) in [6.07, 6.45) is 0. The third kappa shape index (κ3) is 6.21. The zero-order valence-corrected chi connectivity index (χ0v) is 26.0. The van der Waals surface area contributed by atoms with Crippen molar-refractivity contribution in [3.8, 4) is 34.1 Å². The van der Waals surface area contributed by atoms with Crippen molar-refractivity contribution < 1.29 is 18.1 Å². The molecule has 0 N–H and O–H groups in total. The second-order valence-electron chi connectivity index (χ2n) is 10.5. The van der Waals surface area contributed by atoms with Gasteiger partial charge in [-0.05, 0) is 108 Å². The van der Waals surface area contributed by atoms with E-state index in [0.29, 0.717) is 0 Å². The molecule has 0 saturated heterocycles. The van der Waals surface area contributed by atoms with Crippen molar-refractivity contribution >= 4 is 39.6 Å². The Morgan fingerprint density at radius 2 is 0.810 bits per heavy atom. The lowest BCUT2D eigenvalue weighted by molar-refractivity contribution is 0.510. The van der Waals surface area contributed by atoms with E-state index < -0.39 is 0 Å². The third-order valence-corrected chi connectivity index (χ3v) is 8.39. The predicted octanol–water partition coefficient (Wildman–Crippen LogP) is 10.8. The van der Waals surface area contributed by atoms with E-state index in [2.05, 4.69) is 88.4 Å². The third-order valence-electron chi connectivity index (χ3n) is 7.18. The first-order valence-electron chi connectivity index (χ1n) is 13.8. The van der Waals surface area contributed by atoms with E-state index in [1.165, 1.54) is 10.8 Å². The molecular weight excluding hydrogens is 558 g/mol. The summed E-state index contributed by atoms with van der Waals surface area (Å²) < 4.78 is 24.9. The number of fused-ring (bicyclic) bond motifs is 2. The average molecular weight is 591 g/mol. The van der Waals surface area contributed by atoms with Gasteiger partial charge in [0.15, 0.2) is 0 Å². The number of hydrogen-bond acceptors (Lipinski definition) is 4. The van der Waals surface area contributed by atoms with Crippen LogP contribution in [0, 0.1) is 27.7 Å². The lowest BCUT2D eigenvalue weighted by Gasteiger charge is -2.19. The van der Waals surface area contributed by atoms with Gasteiger partial charge in [-0.15, -0.1) is 0 Å². The summed E-state index contributed by atoms with van der Waals surface area (Å²) in [5.74, 6) is 3.13. The molecule has 0 aromatic heterocycles. The molecule has 6 aromatic carbocycles. The Balaban J connectivity index is 1.25. The van der Waals surface area contributed by atoms with Gasteiger partial charge >= 0.3 is 0 Å². The first-order valence-corrected chi connectivity index (χ1v) is 15.5. The van der Waals surface area contributed by atoms with Crippen molar-refractivity contribution in [1.82, 2.24) is 0 Å². The molecule has 0 aliphatic rings. The van der Waals surface area contributed by atoms with E-state index in [-0.39, 0.29) is 18.1 Å². The first-order chi connectivity index (χ1) is 20.4. The molecule has 0 spiro atoms. The zero-order chi connectivity index (χ0) is 29.1.